The summed E-state index contributed by atoms with van der Waals surface area (Å²) in [6, 6.07) is 5.02. The lowest BCUT2D eigenvalue weighted by Crippen LogP contribution is -2.48. The molecule has 6 rings (SSSR count). The Morgan fingerprint density at radius 3 is 2.26 bits per heavy atom. The van der Waals surface area contributed by atoms with Crippen molar-refractivity contribution in [2.45, 2.75) is 89.5 Å². The van der Waals surface area contributed by atoms with Crippen LogP contribution >= 0.6 is 0 Å². The maximum absolute atomic E-state index is 10.7. The Kier molecular flexibility index (Phi) is 4.37. The van der Waals surface area contributed by atoms with Crippen molar-refractivity contribution in [2.24, 2.45) is 28.7 Å². The molecule has 146 valence electrons. The van der Waals surface area contributed by atoms with Gasteiger partial charge in [0.25, 0.3) is 0 Å². The molecular weight excluding hydrogens is 330 g/mol. The first-order valence-corrected chi connectivity index (χ1v) is 11.4. The van der Waals surface area contributed by atoms with Crippen LogP contribution in [0.2, 0.25) is 0 Å². The van der Waals surface area contributed by atoms with Crippen molar-refractivity contribution in [3.8, 4) is 5.75 Å². The average Bonchev–Trinajstić information content (AvgIpc) is 2.63. The Labute approximate surface area is 164 Å². The van der Waals surface area contributed by atoms with Crippen molar-refractivity contribution in [1.82, 2.24) is 0 Å². The minimum Gasteiger partial charge on any atom is -0.507 e. The first-order chi connectivity index (χ1) is 13.0. The van der Waals surface area contributed by atoms with Gasteiger partial charge in [0.15, 0.2) is 0 Å². The fraction of sp³-hybridized carbons (Fsp3) is 0.720. The smallest absolute Gasteiger partial charge is 0.127 e. The number of phenols is 1. The van der Waals surface area contributed by atoms with Gasteiger partial charge in [0.05, 0.1) is 6.04 Å². The van der Waals surface area contributed by atoms with E-state index < -0.39 is 0 Å². The minimum absolute atomic E-state index is 0.383. The number of hydrogen-bond acceptors (Lipinski definition) is 2. The largest absolute Gasteiger partial charge is 0.507 e. The van der Waals surface area contributed by atoms with Crippen molar-refractivity contribution < 1.29 is 5.11 Å². The van der Waals surface area contributed by atoms with E-state index in [4.69, 9.17) is 4.99 Å². The van der Waals surface area contributed by atoms with Crippen LogP contribution in [0.25, 0.3) is 0 Å². The normalized spacial score (nSPS) is 40.7. The summed E-state index contributed by atoms with van der Waals surface area (Å²) in [7, 11) is 0. The first kappa shape index (κ1) is 17.8. The van der Waals surface area contributed by atoms with Crippen LogP contribution in [0.4, 0.5) is 0 Å². The molecule has 1 aromatic rings. The summed E-state index contributed by atoms with van der Waals surface area (Å²) in [5.41, 5.74) is 3.86. The van der Waals surface area contributed by atoms with Gasteiger partial charge in [0.1, 0.15) is 5.75 Å². The van der Waals surface area contributed by atoms with E-state index in [1.54, 1.807) is 0 Å². The van der Waals surface area contributed by atoms with Gasteiger partial charge in [0, 0.05) is 11.8 Å². The van der Waals surface area contributed by atoms with Gasteiger partial charge in [-0.3, -0.25) is 4.99 Å². The first-order valence-electron chi connectivity index (χ1n) is 11.4. The summed E-state index contributed by atoms with van der Waals surface area (Å²) in [4.78, 5) is 4.94. The highest BCUT2D eigenvalue weighted by atomic mass is 16.3. The van der Waals surface area contributed by atoms with E-state index in [9.17, 15) is 5.11 Å². The van der Waals surface area contributed by atoms with Crippen molar-refractivity contribution in [3.63, 3.8) is 0 Å². The zero-order valence-electron chi connectivity index (χ0n) is 17.1. The third kappa shape index (κ3) is 3.13. The van der Waals surface area contributed by atoms with Crippen LogP contribution in [0.5, 0.6) is 5.75 Å². The summed E-state index contributed by atoms with van der Waals surface area (Å²) in [5.74, 6) is 3.96. The average molecular weight is 366 g/mol. The molecule has 0 aromatic heterocycles. The van der Waals surface area contributed by atoms with Crippen LogP contribution < -0.4 is 0 Å². The van der Waals surface area contributed by atoms with E-state index in [0.717, 1.165) is 28.9 Å². The van der Waals surface area contributed by atoms with Gasteiger partial charge < -0.3 is 5.11 Å². The molecule has 1 aromatic carbocycles. The number of aromatic hydroxyl groups is 1. The molecule has 2 nitrogen and oxygen atoms in total. The molecular formula is C25H35NO. The van der Waals surface area contributed by atoms with Crippen molar-refractivity contribution in [1.29, 1.82) is 0 Å². The highest BCUT2D eigenvalue weighted by Gasteiger charge is 2.51. The molecule has 2 heteroatoms. The molecule has 1 N–H and O–H groups in total. The van der Waals surface area contributed by atoms with Crippen LogP contribution in [0, 0.1) is 30.6 Å². The van der Waals surface area contributed by atoms with Crippen LogP contribution in [0.3, 0.4) is 0 Å². The Hall–Kier alpha value is -1.31. The number of phenolic OH excluding ortho intramolecular Hbond substituents is 1. The van der Waals surface area contributed by atoms with Gasteiger partial charge >= 0.3 is 0 Å². The number of rotatable bonds is 3. The van der Waals surface area contributed by atoms with Crippen molar-refractivity contribution >= 4 is 6.21 Å². The second-order valence-electron chi connectivity index (χ2n) is 10.5. The van der Waals surface area contributed by atoms with E-state index in [2.05, 4.69) is 26.0 Å². The Morgan fingerprint density at radius 2 is 1.63 bits per heavy atom. The Bertz CT molecular complexity index is 714. The molecule has 0 amide bonds. The third-order valence-corrected chi connectivity index (χ3v) is 8.45. The SMILES string of the molecule is Cc1cc(C23CC4CC(CC(C4)C2)C3)cc(C=NC2CCCCC2C)c1O. The van der Waals surface area contributed by atoms with E-state index >= 15 is 0 Å². The molecule has 5 aliphatic rings. The predicted octanol–water partition coefficient (Wildman–Crippen LogP) is 6.17. The van der Waals surface area contributed by atoms with Crippen molar-refractivity contribution in [3.05, 3.63) is 28.8 Å². The van der Waals surface area contributed by atoms with Gasteiger partial charge in [-0.1, -0.05) is 25.8 Å². The molecule has 27 heavy (non-hydrogen) atoms. The van der Waals surface area contributed by atoms with E-state index in [0.29, 0.717) is 23.1 Å². The minimum atomic E-state index is 0.383. The van der Waals surface area contributed by atoms with Gasteiger partial charge in [-0.05, 0) is 105 Å². The lowest BCUT2D eigenvalue weighted by Gasteiger charge is -2.57. The van der Waals surface area contributed by atoms with Crippen molar-refractivity contribution in [2.75, 3.05) is 0 Å². The summed E-state index contributed by atoms with van der Waals surface area (Å²) in [6.07, 6.45) is 15.7. The highest BCUT2D eigenvalue weighted by molar-refractivity contribution is 5.84. The molecule has 0 spiro atoms. The number of benzene rings is 1. The molecule has 2 atom stereocenters. The van der Waals surface area contributed by atoms with Crippen LogP contribution in [-0.4, -0.2) is 17.4 Å². The zero-order chi connectivity index (χ0) is 18.6. The second kappa shape index (κ2) is 6.64. The maximum atomic E-state index is 10.7. The number of aliphatic imine (C=N–C) groups is 1. The molecule has 5 saturated carbocycles. The Balaban J connectivity index is 1.46. The van der Waals surface area contributed by atoms with Crippen LogP contribution in [-0.2, 0) is 5.41 Å². The van der Waals surface area contributed by atoms with Crippen LogP contribution in [0.15, 0.2) is 17.1 Å². The Morgan fingerprint density at radius 1 is 1.00 bits per heavy atom. The summed E-state index contributed by atoms with van der Waals surface area (Å²) in [6.45, 7) is 4.40. The molecule has 0 saturated heterocycles. The van der Waals surface area contributed by atoms with Gasteiger partial charge in [-0.15, -0.1) is 0 Å². The molecule has 2 unspecified atom stereocenters. The third-order valence-electron chi connectivity index (χ3n) is 8.45. The van der Waals surface area contributed by atoms with Gasteiger partial charge in [0.2, 0.25) is 0 Å². The van der Waals surface area contributed by atoms with Gasteiger partial charge in [-0.2, -0.15) is 0 Å². The topological polar surface area (TPSA) is 32.6 Å². The van der Waals surface area contributed by atoms with E-state index in [1.807, 2.05) is 6.21 Å². The lowest BCUT2D eigenvalue weighted by atomic mass is 9.48. The number of hydrogen-bond donors (Lipinski definition) is 1. The fourth-order valence-corrected chi connectivity index (χ4v) is 7.37. The van der Waals surface area contributed by atoms with E-state index in [1.165, 1.54) is 69.8 Å². The highest BCUT2D eigenvalue weighted by Crippen LogP contribution is 2.61. The quantitative estimate of drug-likeness (QED) is 0.639. The molecule has 4 bridgehead atoms. The lowest BCUT2D eigenvalue weighted by molar-refractivity contribution is -0.00523. The summed E-state index contributed by atoms with van der Waals surface area (Å²) < 4.78 is 0. The summed E-state index contributed by atoms with van der Waals surface area (Å²) >= 11 is 0. The molecule has 5 fully saturated rings. The molecule has 0 radical (unpaired) electrons. The van der Waals surface area contributed by atoms with Gasteiger partial charge in [-0.25, -0.2) is 0 Å². The van der Waals surface area contributed by atoms with Crippen LogP contribution in [0.1, 0.15) is 87.8 Å². The fourth-order valence-electron chi connectivity index (χ4n) is 7.37. The maximum Gasteiger partial charge on any atom is 0.127 e. The molecule has 0 aliphatic heterocycles. The molecule has 0 heterocycles. The monoisotopic (exact) mass is 365 g/mol. The standard InChI is InChI=1S/C25H35NO/c1-16-5-3-4-6-23(16)26-15-21-11-22(7-17(2)24(21)27)25-12-18-8-19(13-25)10-20(9-18)14-25/h7,11,15-16,18-20,23,27H,3-6,8-10,12-14H2,1-2H3. The predicted molar refractivity (Wildman–Crippen MR) is 112 cm³/mol. The number of aryl methyl sites for hydroxylation is 1. The zero-order valence-corrected chi connectivity index (χ0v) is 17.1. The molecule has 5 aliphatic carbocycles. The second-order valence-corrected chi connectivity index (χ2v) is 10.5. The summed E-state index contributed by atoms with van der Waals surface area (Å²) in [5, 5.41) is 10.7. The van der Waals surface area contributed by atoms with E-state index in [-0.39, 0.29) is 0 Å². The number of nitrogens with zero attached hydrogens (tertiary/aromatic N) is 1.